The normalized spacial score (nSPS) is 15.1. The number of piperazine rings is 1. The molecule has 1 aliphatic heterocycles. The van der Waals surface area contributed by atoms with Crippen molar-refractivity contribution in [1.29, 1.82) is 0 Å². The Morgan fingerprint density at radius 1 is 1.15 bits per heavy atom. The van der Waals surface area contributed by atoms with E-state index in [0.29, 0.717) is 45.9 Å². The standard InChI is InChI=1S/C23H35N5O4S/c1-5-11-27-17-19(22(29)24-16-18(3)4)23(25-27)33(30,31)28-14-12-26(13-15-28)20-9-7-8-10-21(20)32-6-2/h7-10,17-18H,5-6,11-16H2,1-4H3,(H,24,29). The molecule has 1 N–H and O–H groups in total. The number of ether oxygens (including phenoxy) is 1. The summed E-state index contributed by atoms with van der Waals surface area (Å²) in [4.78, 5) is 14.9. The van der Waals surface area contributed by atoms with Crippen molar-refractivity contribution in [2.75, 3.05) is 44.2 Å². The molecular formula is C23H35N5O4S. The van der Waals surface area contributed by atoms with Crippen LogP contribution >= 0.6 is 0 Å². The van der Waals surface area contributed by atoms with E-state index in [1.54, 1.807) is 10.9 Å². The number of benzene rings is 1. The predicted octanol–water partition coefficient (Wildman–Crippen LogP) is 2.59. The topological polar surface area (TPSA) is 96.8 Å². The van der Waals surface area contributed by atoms with Crippen molar-refractivity contribution < 1.29 is 17.9 Å². The molecule has 1 aliphatic rings. The van der Waals surface area contributed by atoms with Gasteiger partial charge in [0.25, 0.3) is 15.9 Å². The van der Waals surface area contributed by atoms with Crippen molar-refractivity contribution in [3.05, 3.63) is 36.0 Å². The molecule has 0 radical (unpaired) electrons. The fourth-order valence-electron chi connectivity index (χ4n) is 3.77. The van der Waals surface area contributed by atoms with Crippen LogP contribution in [0.3, 0.4) is 0 Å². The van der Waals surface area contributed by atoms with Crippen molar-refractivity contribution in [1.82, 2.24) is 19.4 Å². The highest BCUT2D eigenvalue weighted by atomic mass is 32.2. The molecule has 0 unspecified atom stereocenters. The number of amides is 1. The van der Waals surface area contributed by atoms with Crippen molar-refractivity contribution in [2.45, 2.75) is 45.7 Å². The predicted molar refractivity (Wildman–Crippen MR) is 128 cm³/mol. The smallest absolute Gasteiger partial charge is 0.263 e. The molecule has 3 rings (SSSR count). The molecule has 1 aromatic carbocycles. The Morgan fingerprint density at radius 3 is 2.48 bits per heavy atom. The second-order valence-corrected chi connectivity index (χ2v) is 10.4. The van der Waals surface area contributed by atoms with E-state index in [9.17, 15) is 13.2 Å². The Kier molecular flexibility index (Phi) is 8.36. The first-order chi connectivity index (χ1) is 15.8. The van der Waals surface area contributed by atoms with E-state index in [-0.39, 0.29) is 16.5 Å². The number of carbonyl (C=O) groups excluding carboxylic acids is 1. The first-order valence-electron chi connectivity index (χ1n) is 11.6. The molecule has 182 valence electrons. The Balaban J connectivity index is 1.80. The molecule has 0 aliphatic carbocycles. The third-order valence-corrected chi connectivity index (χ3v) is 7.26. The molecule has 9 nitrogen and oxygen atoms in total. The summed E-state index contributed by atoms with van der Waals surface area (Å²) in [7, 11) is -3.92. The third-order valence-electron chi connectivity index (χ3n) is 5.42. The van der Waals surface area contributed by atoms with Crippen molar-refractivity contribution >= 4 is 21.6 Å². The quantitative estimate of drug-likeness (QED) is 0.565. The zero-order valence-corrected chi connectivity index (χ0v) is 20.8. The average molecular weight is 478 g/mol. The summed E-state index contributed by atoms with van der Waals surface area (Å²) in [5, 5.41) is 6.96. The van der Waals surface area contributed by atoms with Crippen LogP contribution in [0.1, 0.15) is 44.5 Å². The maximum absolute atomic E-state index is 13.5. The molecule has 2 aromatic rings. The summed E-state index contributed by atoms with van der Waals surface area (Å²) in [5.74, 6) is 0.639. The minimum Gasteiger partial charge on any atom is -0.492 e. The Labute approximate surface area is 196 Å². The van der Waals surface area contributed by atoms with Crippen molar-refractivity contribution in [3.63, 3.8) is 0 Å². The van der Waals surface area contributed by atoms with E-state index in [1.807, 2.05) is 52.0 Å². The van der Waals surface area contributed by atoms with Gasteiger partial charge in [-0.1, -0.05) is 32.9 Å². The molecule has 0 spiro atoms. The number of aryl methyl sites for hydroxylation is 1. The number of rotatable bonds is 10. The summed E-state index contributed by atoms with van der Waals surface area (Å²) in [6.45, 7) is 11.1. The molecule has 1 saturated heterocycles. The lowest BCUT2D eigenvalue weighted by atomic mass is 10.2. The minimum atomic E-state index is -3.92. The second-order valence-electron chi connectivity index (χ2n) is 8.51. The van der Waals surface area contributed by atoms with Crippen LogP contribution in [-0.2, 0) is 16.6 Å². The lowest BCUT2D eigenvalue weighted by Gasteiger charge is -2.35. The molecule has 1 fully saturated rings. The number of para-hydroxylation sites is 2. The maximum atomic E-state index is 13.5. The molecule has 1 amide bonds. The molecule has 0 bridgehead atoms. The van der Waals surface area contributed by atoms with Gasteiger partial charge in [-0.25, -0.2) is 8.42 Å². The lowest BCUT2D eigenvalue weighted by Crippen LogP contribution is -2.49. The van der Waals surface area contributed by atoms with Gasteiger partial charge in [0, 0.05) is 45.5 Å². The Morgan fingerprint density at radius 2 is 1.85 bits per heavy atom. The average Bonchev–Trinajstić information content (AvgIpc) is 3.23. The number of nitrogens with one attached hydrogen (secondary N) is 1. The van der Waals surface area contributed by atoms with Gasteiger partial charge in [0.1, 0.15) is 5.75 Å². The summed E-state index contributed by atoms with van der Waals surface area (Å²) in [5.41, 5.74) is 1.06. The van der Waals surface area contributed by atoms with Gasteiger partial charge in [-0.3, -0.25) is 9.48 Å². The van der Waals surface area contributed by atoms with E-state index >= 15 is 0 Å². The van der Waals surface area contributed by atoms with E-state index in [1.165, 1.54) is 4.31 Å². The van der Waals surface area contributed by atoms with Gasteiger partial charge < -0.3 is 15.0 Å². The molecule has 33 heavy (non-hydrogen) atoms. The first-order valence-corrected chi connectivity index (χ1v) is 13.0. The SMILES string of the molecule is CCCn1cc(C(=O)NCC(C)C)c(S(=O)(=O)N2CCN(c3ccccc3OCC)CC2)n1. The van der Waals surface area contributed by atoms with Gasteiger partial charge in [0.2, 0.25) is 5.03 Å². The number of nitrogens with zero attached hydrogens (tertiary/aromatic N) is 4. The van der Waals surface area contributed by atoms with Crippen LogP contribution in [0.25, 0.3) is 0 Å². The third kappa shape index (κ3) is 5.86. The maximum Gasteiger partial charge on any atom is 0.263 e. The van der Waals surface area contributed by atoms with E-state index in [0.717, 1.165) is 17.9 Å². The van der Waals surface area contributed by atoms with Crippen LogP contribution in [0.2, 0.25) is 0 Å². The molecule has 0 saturated carbocycles. The monoisotopic (exact) mass is 477 g/mol. The van der Waals surface area contributed by atoms with Crippen LogP contribution in [-0.4, -0.2) is 67.7 Å². The van der Waals surface area contributed by atoms with Crippen LogP contribution in [0.4, 0.5) is 5.69 Å². The first kappa shape index (κ1) is 25.0. The summed E-state index contributed by atoms with van der Waals surface area (Å²) < 4.78 is 35.7. The fourth-order valence-corrected chi connectivity index (χ4v) is 5.29. The highest BCUT2D eigenvalue weighted by molar-refractivity contribution is 7.89. The van der Waals surface area contributed by atoms with Crippen molar-refractivity contribution in [2.24, 2.45) is 5.92 Å². The van der Waals surface area contributed by atoms with Gasteiger partial charge in [-0.15, -0.1) is 0 Å². The number of aromatic nitrogens is 2. The van der Waals surface area contributed by atoms with E-state index < -0.39 is 15.9 Å². The molecular weight excluding hydrogens is 442 g/mol. The largest absolute Gasteiger partial charge is 0.492 e. The van der Waals surface area contributed by atoms with Gasteiger partial charge in [0.05, 0.1) is 17.9 Å². The zero-order chi connectivity index (χ0) is 24.0. The van der Waals surface area contributed by atoms with Crippen molar-refractivity contribution in [3.8, 4) is 5.75 Å². The van der Waals surface area contributed by atoms with Crippen LogP contribution in [0, 0.1) is 5.92 Å². The van der Waals surface area contributed by atoms with Gasteiger partial charge in [-0.2, -0.15) is 9.40 Å². The van der Waals surface area contributed by atoms with Gasteiger partial charge in [-0.05, 0) is 31.4 Å². The molecule has 10 heteroatoms. The highest BCUT2D eigenvalue weighted by Gasteiger charge is 2.35. The Bertz CT molecular complexity index is 1040. The zero-order valence-electron chi connectivity index (χ0n) is 20.0. The lowest BCUT2D eigenvalue weighted by molar-refractivity contribution is 0.0945. The number of anilines is 1. The Hall–Kier alpha value is -2.59. The van der Waals surface area contributed by atoms with Crippen LogP contribution in [0.15, 0.2) is 35.5 Å². The molecule has 1 aromatic heterocycles. The summed E-state index contributed by atoms with van der Waals surface area (Å²) >= 11 is 0. The highest BCUT2D eigenvalue weighted by Crippen LogP contribution is 2.30. The summed E-state index contributed by atoms with van der Waals surface area (Å²) in [6, 6.07) is 7.78. The van der Waals surface area contributed by atoms with E-state index in [2.05, 4.69) is 15.3 Å². The van der Waals surface area contributed by atoms with E-state index in [4.69, 9.17) is 4.74 Å². The molecule has 0 atom stereocenters. The van der Waals surface area contributed by atoms with Gasteiger partial charge in [0.15, 0.2) is 0 Å². The fraction of sp³-hybridized carbons (Fsp3) is 0.565. The van der Waals surface area contributed by atoms with Crippen LogP contribution in [0.5, 0.6) is 5.75 Å². The van der Waals surface area contributed by atoms with Gasteiger partial charge >= 0.3 is 0 Å². The molecule has 2 heterocycles. The number of hydrogen-bond acceptors (Lipinski definition) is 6. The van der Waals surface area contributed by atoms with Crippen LogP contribution < -0.4 is 15.0 Å². The second kappa shape index (κ2) is 11.0. The summed E-state index contributed by atoms with van der Waals surface area (Å²) in [6.07, 6.45) is 2.33. The number of hydrogen-bond donors (Lipinski definition) is 1. The minimum absolute atomic E-state index is 0.105. The number of carbonyl (C=O) groups is 1. The number of sulfonamides is 1.